The van der Waals surface area contributed by atoms with Crippen LogP contribution in [0.2, 0.25) is 0 Å². The van der Waals surface area contributed by atoms with Crippen LogP contribution in [0.4, 0.5) is 0 Å². The highest BCUT2D eigenvalue weighted by Crippen LogP contribution is 2.16. The highest BCUT2D eigenvalue weighted by Gasteiger charge is 2.16. The first-order valence-corrected chi connectivity index (χ1v) is 7.04. The van der Waals surface area contributed by atoms with Gasteiger partial charge in [0.25, 0.3) is 0 Å². The van der Waals surface area contributed by atoms with Crippen molar-refractivity contribution in [3.8, 4) is 0 Å². The van der Waals surface area contributed by atoms with E-state index < -0.39 is 0 Å². The van der Waals surface area contributed by atoms with Crippen LogP contribution < -0.4 is 5.32 Å². The fourth-order valence-corrected chi connectivity index (χ4v) is 2.58. The summed E-state index contributed by atoms with van der Waals surface area (Å²) in [7, 11) is 0. The monoisotopic (exact) mass is 270 g/mol. The number of carbonyl (C=O) groups is 1. The van der Waals surface area contributed by atoms with Crippen molar-refractivity contribution in [2.24, 2.45) is 0 Å². The third-order valence-corrected chi connectivity index (χ3v) is 3.62. The van der Waals surface area contributed by atoms with Crippen LogP contribution in [0.5, 0.6) is 0 Å². The number of para-hydroxylation sites is 1. The zero-order valence-electron chi connectivity index (χ0n) is 11.3. The number of fused-ring (bicyclic) bond motifs is 1. The van der Waals surface area contributed by atoms with Crippen LogP contribution in [-0.2, 0) is 16.0 Å². The molecule has 0 aliphatic carbocycles. The number of amides is 1. The molecule has 2 aromatic rings. The van der Waals surface area contributed by atoms with Gasteiger partial charge in [-0.05, 0) is 24.5 Å². The summed E-state index contributed by atoms with van der Waals surface area (Å²) in [4.78, 5) is 16.4. The molecule has 1 aromatic carbocycles. The maximum absolute atomic E-state index is 12.0. The molecule has 104 valence electrons. The van der Waals surface area contributed by atoms with E-state index in [-0.39, 0.29) is 12.0 Å². The van der Waals surface area contributed by atoms with E-state index in [1.165, 1.54) is 0 Å². The molecule has 1 aromatic heterocycles. The second kappa shape index (κ2) is 6.01. The number of hydrogen-bond acceptors (Lipinski definition) is 3. The summed E-state index contributed by atoms with van der Waals surface area (Å²) < 4.78 is 5.50. The van der Waals surface area contributed by atoms with Gasteiger partial charge >= 0.3 is 0 Å². The topological polar surface area (TPSA) is 51.2 Å². The predicted molar refractivity (Wildman–Crippen MR) is 77.4 cm³/mol. The van der Waals surface area contributed by atoms with Gasteiger partial charge in [0.15, 0.2) is 0 Å². The van der Waals surface area contributed by atoms with Crippen LogP contribution in [0.15, 0.2) is 36.5 Å². The maximum Gasteiger partial charge on any atom is 0.224 e. The van der Waals surface area contributed by atoms with E-state index in [1.807, 2.05) is 30.3 Å². The molecule has 1 unspecified atom stereocenters. The van der Waals surface area contributed by atoms with Crippen LogP contribution in [0, 0.1) is 0 Å². The van der Waals surface area contributed by atoms with Gasteiger partial charge in [0.2, 0.25) is 5.91 Å². The van der Waals surface area contributed by atoms with Gasteiger partial charge in [-0.3, -0.25) is 9.78 Å². The van der Waals surface area contributed by atoms with Gasteiger partial charge in [-0.1, -0.05) is 24.3 Å². The van der Waals surface area contributed by atoms with Crippen molar-refractivity contribution in [1.82, 2.24) is 10.3 Å². The third kappa shape index (κ3) is 2.96. The van der Waals surface area contributed by atoms with Crippen LogP contribution in [-0.4, -0.2) is 30.1 Å². The normalized spacial score (nSPS) is 18.3. The SMILES string of the molecule is O=C(Cc1cccc2cccnc12)NCC1CCCO1. The summed E-state index contributed by atoms with van der Waals surface area (Å²) in [5.41, 5.74) is 1.87. The Morgan fingerprint density at radius 2 is 2.25 bits per heavy atom. The maximum atomic E-state index is 12.0. The fraction of sp³-hybridized carbons (Fsp3) is 0.375. The molecule has 1 atom stereocenters. The molecule has 2 heterocycles. The second-order valence-electron chi connectivity index (χ2n) is 5.11. The zero-order chi connectivity index (χ0) is 13.8. The van der Waals surface area contributed by atoms with Crippen LogP contribution in [0.1, 0.15) is 18.4 Å². The Hall–Kier alpha value is -1.94. The quantitative estimate of drug-likeness (QED) is 0.925. The Balaban J connectivity index is 1.65. The molecule has 0 radical (unpaired) electrons. The minimum atomic E-state index is 0.0265. The second-order valence-corrected chi connectivity index (χ2v) is 5.11. The molecule has 0 saturated carbocycles. The minimum absolute atomic E-state index is 0.0265. The van der Waals surface area contributed by atoms with Gasteiger partial charge in [0.1, 0.15) is 0 Å². The lowest BCUT2D eigenvalue weighted by Crippen LogP contribution is -2.32. The number of aromatic nitrogens is 1. The molecule has 4 heteroatoms. The van der Waals surface area contributed by atoms with Gasteiger partial charge in [0.05, 0.1) is 18.0 Å². The molecule has 0 spiro atoms. The Morgan fingerprint density at radius 1 is 1.35 bits per heavy atom. The highest BCUT2D eigenvalue weighted by atomic mass is 16.5. The Kier molecular flexibility index (Phi) is 3.92. The molecule has 4 nitrogen and oxygen atoms in total. The van der Waals surface area contributed by atoms with E-state index in [9.17, 15) is 4.79 Å². The van der Waals surface area contributed by atoms with Crippen molar-refractivity contribution in [2.75, 3.05) is 13.2 Å². The van der Waals surface area contributed by atoms with Crippen LogP contribution >= 0.6 is 0 Å². The Bertz CT molecular complexity index is 601. The molecule has 20 heavy (non-hydrogen) atoms. The lowest BCUT2D eigenvalue weighted by Gasteiger charge is -2.11. The van der Waals surface area contributed by atoms with Crippen molar-refractivity contribution in [3.05, 3.63) is 42.1 Å². The number of nitrogens with zero attached hydrogens (tertiary/aromatic N) is 1. The van der Waals surface area contributed by atoms with Crippen LogP contribution in [0.3, 0.4) is 0 Å². The molecule has 1 N–H and O–H groups in total. The lowest BCUT2D eigenvalue weighted by atomic mass is 10.1. The van der Waals surface area contributed by atoms with Crippen molar-refractivity contribution in [2.45, 2.75) is 25.4 Å². The number of nitrogens with one attached hydrogen (secondary N) is 1. The lowest BCUT2D eigenvalue weighted by molar-refractivity contribution is -0.120. The molecule has 1 aliphatic heterocycles. The van der Waals surface area contributed by atoms with Crippen molar-refractivity contribution < 1.29 is 9.53 Å². The van der Waals surface area contributed by atoms with Crippen molar-refractivity contribution in [3.63, 3.8) is 0 Å². The molecule has 3 rings (SSSR count). The van der Waals surface area contributed by atoms with Gasteiger partial charge in [-0.25, -0.2) is 0 Å². The smallest absolute Gasteiger partial charge is 0.224 e. The van der Waals surface area contributed by atoms with Gasteiger partial charge < -0.3 is 10.1 Å². The first-order chi connectivity index (χ1) is 9.83. The number of hydrogen-bond donors (Lipinski definition) is 1. The van der Waals surface area contributed by atoms with Crippen LogP contribution in [0.25, 0.3) is 10.9 Å². The molecule has 1 amide bonds. The van der Waals surface area contributed by atoms with Crippen molar-refractivity contribution in [1.29, 1.82) is 0 Å². The molecule has 1 fully saturated rings. The van der Waals surface area contributed by atoms with E-state index in [4.69, 9.17) is 4.74 Å². The zero-order valence-corrected chi connectivity index (χ0v) is 11.3. The number of pyridine rings is 1. The minimum Gasteiger partial charge on any atom is -0.376 e. The average molecular weight is 270 g/mol. The summed E-state index contributed by atoms with van der Waals surface area (Å²) in [5, 5.41) is 4.01. The predicted octanol–water partition coefficient (Wildman–Crippen LogP) is 2.07. The van der Waals surface area contributed by atoms with E-state index >= 15 is 0 Å². The first kappa shape index (κ1) is 13.1. The number of rotatable bonds is 4. The van der Waals surface area contributed by atoms with Crippen molar-refractivity contribution >= 4 is 16.8 Å². The summed E-state index contributed by atoms with van der Waals surface area (Å²) in [5.74, 6) is 0.0265. The standard InChI is InChI=1S/C16H18N2O2/c19-15(18-11-14-7-3-9-20-14)10-13-5-1-4-12-6-2-8-17-16(12)13/h1-2,4-6,8,14H,3,7,9-11H2,(H,18,19). The van der Waals surface area contributed by atoms with Gasteiger partial charge in [-0.15, -0.1) is 0 Å². The van der Waals surface area contributed by atoms with E-state index in [0.717, 1.165) is 35.9 Å². The number of ether oxygens (including phenoxy) is 1. The van der Waals surface area contributed by atoms with E-state index in [0.29, 0.717) is 13.0 Å². The molecule has 1 saturated heterocycles. The van der Waals surface area contributed by atoms with E-state index in [1.54, 1.807) is 6.20 Å². The van der Waals surface area contributed by atoms with E-state index in [2.05, 4.69) is 10.3 Å². The molecular weight excluding hydrogens is 252 g/mol. The summed E-state index contributed by atoms with van der Waals surface area (Å²) in [6.07, 6.45) is 4.44. The third-order valence-electron chi connectivity index (χ3n) is 3.62. The Labute approximate surface area is 118 Å². The van der Waals surface area contributed by atoms with Gasteiger partial charge in [-0.2, -0.15) is 0 Å². The summed E-state index contributed by atoms with van der Waals surface area (Å²) >= 11 is 0. The highest BCUT2D eigenvalue weighted by molar-refractivity contribution is 5.87. The summed E-state index contributed by atoms with van der Waals surface area (Å²) in [6, 6.07) is 9.85. The molecule has 1 aliphatic rings. The Morgan fingerprint density at radius 3 is 3.10 bits per heavy atom. The van der Waals surface area contributed by atoms with Gasteiger partial charge in [0, 0.05) is 24.7 Å². The first-order valence-electron chi connectivity index (χ1n) is 7.04. The average Bonchev–Trinajstić information content (AvgIpc) is 2.99. The number of benzene rings is 1. The fourth-order valence-electron chi connectivity index (χ4n) is 2.58. The molecular formula is C16H18N2O2. The summed E-state index contributed by atoms with van der Waals surface area (Å²) in [6.45, 7) is 1.42. The number of carbonyl (C=O) groups excluding carboxylic acids is 1. The molecule has 0 bridgehead atoms. The largest absolute Gasteiger partial charge is 0.376 e.